The molecule has 0 aromatic heterocycles. The molecule has 0 unspecified atom stereocenters. The van der Waals surface area contributed by atoms with E-state index in [9.17, 15) is 12.8 Å². The van der Waals surface area contributed by atoms with E-state index in [0.29, 0.717) is 11.4 Å². The summed E-state index contributed by atoms with van der Waals surface area (Å²) in [7, 11) is -2.58. The van der Waals surface area contributed by atoms with Crippen molar-refractivity contribution in [3.8, 4) is 5.75 Å². The first-order valence-electron chi connectivity index (χ1n) is 5.64. The molecule has 20 heavy (non-hydrogen) atoms. The number of ether oxygens (including phenoxy) is 1. The second kappa shape index (κ2) is 5.38. The minimum atomic E-state index is -3.88. The molecule has 0 amide bonds. The van der Waals surface area contributed by atoms with Crippen LogP contribution in [0.5, 0.6) is 5.75 Å². The van der Waals surface area contributed by atoms with Gasteiger partial charge in [-0.05, 0) is 36.4 Å². The topological polar surface area (TPSA) is 81.4 Å². The van der Waals surface area contributed by atoms with E-state index in [4.69, 9.17) is 10.5 Å². The van der Waals surface area contributed by atoms with Crippen LogP contribution in [0.3, 0.4) is 0 Å². The lowest BCUT2D eigenvalue weighted by Gasteiger charge is -2.09. The maximum Gasteiger partial charge on any atom is 0.262 e. The minimum Gasteiger partial charge on any atom is -0.494 e. The molecule has 0 aliphatic carbocycles. The molecular weight excluding hydrogens is 283 g/mol. The Morgan fingerprint density at radius 1 is 1.20 bits per heavy atom. The van der Waals surface area contributed by atoms with Crippen molar-refractivity contribution < 1.29 is 17.5 Å². The molecular formula is C13H13FN2O3S. The number of benzene rings is 2. The molecule has 0 heterocycles. The van der Waals surface area contributed by atoms with Gasteiger partial charge in [0.1, 0.15) is 0 Å². The van der Waals surface area contributed by atoms with Gasteiger partial charge in [-0.15, -0.1) is 0 Å². The van der Waals surface area contributed by atoms with Crippen LogP contribution in [0.1, 0.15) is 0 Å². The summed E-state index contributed by atoms with van der Waals surface area (Å²) in [5.41, 5.74) is 6.30. The normalized spacial score (nSPS) is 11.1. The molecule has 7 heteroatoms. The van der Waals surface area contributed by atoms with Crippen molar-refractivity contribution >= 4 is 21.4 Å². The van der Waals surface area contributed by atoms with Gasteiger partial charge in [0.05, 0.1) is 17.7 Å². The summed E-state index contributed by atoms with van der Waals surface area (Å²) >= 11 is 0. The van der Waals surface area contributed by atoms with Crippen LogP contribution in [0.15, 0.2) is 47.4 Å². The molecule has 0 bridgehead atoms. The van der Waals surface area contributed by atoms with Crippen LogP contribution >= 0.6 is 0 Å². The second-order valence-corrected chi connectivity index (χ2v) is 5.71. The Bertz CT molecular complexity index is 732. The summed E-state index contributed by atoms with van der Waals surface area (Å²) in [6.45, 7) is 0. The van der Waals surface area contributed by atoms with Crippen LogP contribution in [-0.2, 0) is 10.0 Å². The van der Waals surface area contributed by atoms with Gasteiger partial charge in [-0.2, -0.15) is 0 Å². The van der Waals surface area contributed by atoms with Gasteiger partial charge < -0.3 is 10.5 Å². The Kier molecular flexibility index (Phi) is 3.80. The quantitative estimate of drug-likeness (QED) is 0.848. The lowest BCUT2D eigenvalue weighted by Crippen LogP contribution is -2.13. The Morgan fingerprint density at radius 2 is 1.95 bits per heavy atom. The molecule has 5 nitrogen and oxygen atoms in total. The van der Waals surface area contributed by atoms with E-state index in [1.54, 1.807) is 18.2 Å². The molecule has 0 saturated heterocycles. The fraction of sp³-hybridized carbons (Fsp3) is 0.0769. The molecule has 2 rings (SSSR count). The highest BCUT2D eigenvalue weighted by molar-refractivity contribution is 7.92. The smallest absolute Gasteiger partial charge is 0.262 e. The molecule has 0 fully saturated rings. The molecule has 3 N–H and O–H groups in total. The third kappa shape index (κ3) is 3.00. The third-order valence-corrected chi connectivity index (χ3v) is 3.95. The van der Waals surface area contributed by atoms with Gasteiger partial charge in [0.15, 0.2) is 11.6 Å². The summed E-state index contributed by atoms with van der Waals surface area (Å²) in [4.78, 5) is -0.196. The van der Waals surface area contributed by atoms with Crippen LogP contribution in [0.25, 0.3) is 0 Å². The Morgan fingerprint density at radius 3 is 2.55 bits per heavy atom. The molecule has 0 spiro atoms. The van der Waals surface area contributed by atoms with E-state index in [2.05, 4.69) is 4.72 Å². The summed E-state index contributed by atoms with van der Waals surface area (Å²) in [5, 5.41) is 0. The highest BCUT2D eigenvalue weighted by atomic mass is 32.2. The largest absolute Gasteiger partial charge is 0.494 e. The standard InChI is InChI=1S/C13H13FN2O3S/c1-19-13-6-5-11(8-12(13)14)20(17,18)16-10-4-2-3-9(15)7-10/h2-8,16H,15H2,1H3. The van der Waals surface area contributed by atoms with Crippen LogP contribution in [-0.4, -0.2) is 15.5 Å². The number of sulfonamides is 1. The molecule has 0 radical (unpaired) electrons. The van der Waals surface area contributed by atoms with Crippen molar-refractivity contribution in [2.24, 2.45) is 0 Å². The zero-order valence-electron chi connectivity index (χ0n) is 10.6. The predicted molar refractivity (Wildman–Crippen MR) is 74.6 cm³/mol. The number of hydrogen-bond donors (Lipinski definition) is 2. The number of nitrogens with two attached hydrogens (primary N) is 1. The van der Waals surface area contributed by atoms with E-state index in [0.717, 1.165) is 6.07 Å². The lowest BCUT2D eigenvalue weighted by molar-refractivity contribution is 0.385. The first kappa shape index (κ1) is 14.1. The number of hydrogen-bond acceptors (Lipinski definition) is 4. The molecule has 0 atom stereocenters. The third-order valence-electron chi connectivity index (χ3n) is 2.57. The van der Waals surface area contributed by atoms with Crippen LogP contribution in [0, 0.1) is 5.82 Å². The summed E-state index contributed by atoms with van der Waals surface area (Å²) < 4.78 is 44.8. The molecule has 2 aromatic rings. The van der Waals surface area contributed by atoms with Gasteiger partial charge in [0.25, 0.3) is 10.0 Å². The Hall–Kier alpha value is -2.28. The average molecular weight is 296 g/mol. The van der Waals surface area contributed by atoms with Crippen molar-refractivity contribution in [3.63, 3.8) is 0 Å². The SMILES string of the molecule is COc1ccc(S(=O)(=O)Nc2cccc(N)c2)cc1F. The van der Waals surface area contributed by atoms with Crippen molar-refractivity contribution in [2.45, 2.75) is 4.90 Å². The van der Waals surface area contributed by atoms with E-state index < -0.39 is 15.8 Å². The molecule has 0 aliphatic rings. The number of nitrogen functional groups attached to an aromatic ring is 1. The fourth-order valence-corrected chi connectivity index (χ4v) is 2.69. The van der Waals surface area contributed by atoms with Crippen LogP contribution < -0.4 is 15.2 Å². The molecule has 0 saturated carbocycles. The monoisotopic (exact) mass is 296 g/mol. The fourth-order valence-electron chi connectivity index (χ4n) is 1.63. The van der Waals surface area contributed by atoms with Crippen molar-refractivity contribution in [1.29, 1.82) is 0 Å². The zero-order valence-corrected chi connectivity index (χ0v) is 11.4. The van der Waals surface area contributed by atoms with Crippen molar-refractivity contribution in [1.82, 2.24) is 0 Å². The number of nitrogens with one attached hydrogen (secondary N) is 1. The summed E-state index contributed by atoms with van der Waals surface area (Å²) in [5.74, 6) is -0.768. The van der Waals surface area contributed by atoms with Gasteiger partial charge in [-0.1, -0.05) is 6.07 Å². The Labute approximate surface area is 116 Å². The summed E-state index contributed by atoms with van der Waals surface area (Å²) in [6, 6.07) is 9.67. The molecule has 2 aromatic carbocycles. The number of halogens is 1. The Balaban J connectivity index is 2.33. The second-order valence-electron chi connectivity index (χ2n) is 4.03. The van der Waals surface area contributed by atoms with Gasteiger partial charge >= 0.3 is 0 Å². The minimum absolute atomic E-state index is 0.0205. The van der Waals surface area contributed by atoms with Crippen LogP contribution in [0.4, 0.5) is 15.8 Å². The summed E-state index contributed by atoms with van der Waals surface area (Å²) in [6.07, 6.45) is 0. The highest BCUT2D eigenvalue weighted by Crippen LogP contribution is 2.23. The maximum atomic E-state index is 13.5. The highest BCUT2D eigenvalue weighted by Gasteiger charge is 2.16. The molecule has 0 aliphatic heterocycles. The van der Waals surface area contributed by atoms with Crippen molar-refractivity contribution in [3.05, 3.63) is 48.3 Å². The van der Waals surface area contributed by atoms with Gasteiger partial charge in [-0.25, -0.2) is 12.8 Å². The lowest BCUT2D eigenvalue weighted by atomic mass is 10.3. The first-order chi connectivity index (χ1) is 9.42. The number of methoxy groups -OCH3 is 1. The van der Waals surface area contributed by atoms with E-state index in [1.165, 1.54) is 25.3 Å². The van der Waals surface area contributed by atoms with Gasteiger partial charge in [-0.3, -0.25) is 4.72 Å². The average Bonchev–Trinajstić information content (AvgIpc) is 2.38. The first-order valence-corrected chi connectivity index (χ1v) is 7.12. The predicted octanol–water partition coefficient (Wildman–Crippen LogP) is 2.22. The molecule has 106 valence electrons. The maximum absolute atomic E-state index is 13.5. The van der Waals surface area contributed by atoms with Gasteiger partial charge in [0, 0.05) is 5.69 Å². The van der Waals surface area contributed by atoms with E-state index in [-0.39, 0.29) is 10.6 Å². The number of anilines is 2. The number of rotatable bonds is 4. The van der Waals surface area contributed by atoms with E-state index >= 15 is 0 Å². The van der Waals surface area contributed by atoms with Crippen LogP contribution in [0.2, 0.25) is 0 Å². The zero-order chi connectivity index (χ0) is 14.8. The van der Waals surface area contributed by atoms with Gasteiger partial charge in [0.2, 0.25) is 0 Å². The van der Waals surface area contributed by atoms with Crippen molar-refractivity contribution in [2.75, 3.05) is 17.6 Å². The van der Waals surface area contributed by atoms with E-state index in [1.807, 2.05) is 0 Å².